The maximum atomic E-state index is 7.29. The standard InChI is InChI=1S/C7H5N2S.W/c8-5-1-2-6-7(3-5)10-4-9-6;/h1-4,8H;/q-1;. The monoisotopic (exact) mass is 333 g/mol. The van der Waals surface area contributed by atoms with Gasteiger partial charge in [0.25, 0.3) is 0 Å². The van der Waals surface area contributed by atoms with Crippen LogP contribution in [0, 0.1) is 0 Å². The van der Waals surface area contributed by atoms with E-state index in [4.69, 9.17) is 5.73 Å². The van der Waals surface area contributed by atoms with Crippen molar-refractivity contribution >= 4 is 27.2 Å². The molecule has 0 aliphatic rings. The molecule has 1 aromatic carbocycles. The topological polar surface area (TPSA) is 36.7 Å². The number of fused-ring (bicyclic) bond motifs is 1. The first-order chi connectivity index (χ1) is 4.86. The van der Waals surface area contributed by atoms with Gasteiger partial charge in [-0.1, -0.05) is 12.1 Å². The summed E-state index contributed by atoms with van der Waals surface area (Å²) in [5.41, 5.74) is 10.6. The minimum absolute atomic E-state index is 0. The summed E-state index contributed by atoms with van der Waals surface area (Å²) in [6, 6.07) is 5.45. The molecule has 1 N–H and O–H groups in total. The minimum atomic E-state index is 0. The Morgan fingerprint density at radius 2 is 2.18 bits per heavy atom. The van der Waals surface area contributed by atoms with Gasteiger partial charge in [0, 0.05) is 21.1 Å². The smallest absolute Gasteiger partial charge is 0.0811 e. The number of benzene rings is 1. The van der Waals surface area contributed by atoms with E-state index in [1.807, 2.05) is 12.1 Å². The first kappa shape index (κ1) is 8.69. The van der Waals surface area contributed by atoms with Gasteiger partial charge in [-0.2, -0.15) is 0 Å². The molecule has 2 aromatic rings. The summed E-state index contributed by atoms with van der Waals surface area (Å²) in [5, 5.41) is 0. The van der Waals surface area contributed by atoms with Crippen LogP contribution in [0.25, 0.3) is 16.0 Å². The second kappa shape index (κ2) is 3.33. The van der Waals surface area contributed by atoms with Crippen LogP contribution in [0.15, 0.2) is 23.7 Å². The van der Waals surface area contributed by atoms with Gasteiger partial charge in [0.2, 0.25) is 0 Å². The van der Waals surface area contributed by atoms with Crippen LogP contribution in [0.5, 0.6) is 0 Å². The quantitative estimate of drug-likeness (QED) is 0.730. The van der Waals surface area contributed by atoms with E-state index < -0.39 is 0 Å². The second-order valence-corrected chi connectivity index (χ2v) is 2.92. The van der Waals surface area contributed by atoms with Crippen molar-refractivity contribution in [3.63, 3.8) is 0 Å². The van der Waals surface area contributed by atoms with Crippen LogP contribution in [-0.2, 0) is 21.1 Å². The third-order valence-corrected chi connectivity index (χ3v) is 2.12. The Labute approximate surface area is 82.7 Å². The van der Waals surface area contributed by atoms with Crippen molar-refractivity contribution in [2.75, 3.05) is 0 Å². The average Bonchev–Trinajstić information content (AvgIpc) is 2.33. The second-order valence-electron chi connectivity index (χ2n) is 2.03. The van der Waals surface area contributed by atoms with E-state index in [9.17, 15) is 0 Å². The van der Waals surface area contributed by atoms with Gasteiger partial charge in [0.15, 0.2) is 0 Å². The molecule has 0 aliphatic carbocycles. The average molecular weight is 333 g/mol. The summed E-state index contributed by atoms with van der Waals surface area (Å²) in [7, 11) is 0. The number of rotatable bonds is 0. The molecule has 0 amide bonds. The van der Waals surface area contributed by atoms with Crippen LogP contribution in [0.2, 0.25) is 0 Å². The first-order valence-corrected chi connectivity index (χ1v) is 3.79. The Hall–Kier alpha value is -0.402. The van der Waals surface area contributed by atoms with Crippen molar-refractivity contribution in [1.29, 1.82) is 0 Å². The molecule has 1 aromatic heterocycles. The maximum Gasteiger partial charge on any atom is 0.0811 e. The number of nitrogens with one attached hydrogen (secondary N) is 1. The fourth-order valence-electron chi connectivity index (χ4n) is 0.855. The van der Waals surface area contributed by atoms with Crippen LogP contribution in [-0.4, -0.2) is 4.98 Å². The Morgan fingerprint density at radius 3 is 3.00 bits per heavy atom. The third kappa shape index (κ3) is 1.60. The summed E-state index contributed by atoms with van der Waals surface area (Å²) in [6.45, 7) is 0. The van der Waals surface area contributed by atoms with Crippen molar-refractivity contribution < 1.29 is 21.1 Å². The van der Waals surface area contributed by atoms with Crippen molar-refractivity contribution in [1.82, 2.24) is 4.98 Å². The van der Waals surface area contributed by atoms with Gasteiger partial charge in [-0.05, 0) is 6.07 Å². The van der Waals surface area contributed by atoms with Gasteiger partial charge in [-0.3, -0.25) is 0 Å². The summed E-state index contributed by atoms with van der Waals surface area (Å²) in [6.07, 6.45) is 0. The third-order valence-electron chi connectivity index (χ3n) is 1.33. The normalized spacial score (nSPS) is 9.45. The van der Waals surface area contributed by atoms with Gasteiger partial charge < -0.3 is 5.73 Å². The number of aromatic nitrogens is 1. The maximum absolute atomic E-state index is 7.29. The zero-order chi connectivity index (χ0) is 6.97. The van der Waals surface area contributed by atoms with Gasteiger partial charge in [-0.15, -0.1) is 17.0 Å². The minimum Gasteiger partial charge on any atom is -0.699 e. The number of thiazole rings is 1. The van der Waals surface area contributed by atoms with E-state index in [0.29, 0.717) is 5.69 Å². The summed E-state index contributed by atoms with van der Waals surface area (Å²) < 4.78 is 1.09. The summed E-state index contributed by atoms with van der Waals surface area (Å²) >= 11 is 1.57. The Bertz CT molecular complexity index is 358. The van der Waals surface area contributed by atoms with Crippen molar-refractivity contribution in [3.8, 4) is 0 Å². The van der Waals surface area contributed by atoms with Crippen molar-refractivity contribution in [3.05, 3.63) is 29.4 Å². The molecule has 0 fully saturated rings. The molecule has 0 unspecified atom stereocenters. The summed E-state index contributed by atoms with van der Waals surface area (Å²) in [5.74, 6) is 0. The van der Waals surface area contributed by atoms with E-state index in [2.05, 4.69) is 4.98 Å². The van der Waals surface area contributed by atoms with Crippen molar-refractivity contribution in [2.24, 2.45) is 0 Å². The number of hydrogen-bond donors (Lipinski definition) is 0. The molecule has 0 saturated carbocycles. The zero-order valence-electron chi connectivity index (χ0n) is 5.57. The molecular formula is C7H5N2SW-. The van der Waals surface area contributed by atoms with Gasteiger partial charge in [0.1, 0.15) is 0 Å². The number of hydrogen-bond acceptors (Lipinski definition) is 2. The van der Waals surface area contributed by atoms with E-state index in [1.165, 1.54) is 0 Å². The fraction of sp³-hybridized carbons (Fsp3) is 0. The molecule has 0 saturated heterocycles. The van der Waals surface area contributed by atoms with E-state index >= 15 is 0 Å². The molecule has 2 nitrogen and oxygen atoms in total. The molecular weight excluding hydrogens is 328 g/mol. The van der Waals surface area contributed by atoms with Crippen molar-refractivity contribution in [2.45, 2.75) is 0 Å². The van der Waals surface area contributed by atoms with Crippen LogP contribution >= 0.6 is 11.3 Å². The summed E-state index contributed by atoms with van der Waals surface area (Å²) in [4.78, 5) is 4.10. The fourth-order valence-corrected chi connectivity index (χ4v) is 1.57. The molecule has 2 rings (SSSR count). The largest absolute Gasteiger partial charge is 0.699 e. The van der Waals surface area contributed by atoms with Gasteiger partial charge >= 0.3 is 0 Å². The molecule has 56 valence electrons. The molecule has 0 spiro atoms. The van der Waals surface area contributed by atoms with Crippen LogP contribution in [0.3, 0.4) is 0 Å². The number of nitrogens with zero attached hydrogens (tertiary/aromatic N) is 1. The molecule has 1 heterocycles. The van der Waals surface area contributed by atoms with E-state index in [0.717, 1.165) is 10.2 Å². The van der Waals surface area contributed by atoms with Crippen LogP contribution < -0.4 is 0 Å². The van der Waals surface area contributed by atoms with E-state index in [-0.39, 0.29) is 21.1 Å². The predicted molar refractivity (Wildman–Crippen MR) is 43.6 cm³/mol. The predicted octanol–water partition coefficient (Wildman–Crippen LogP) is 2.98. The van der Waals surface area contributed by atoms with Crippen LogP contribution in [0.1, 0.15) is 0 Å². The Balaban J connectivity index is 0.000000605. The van der Waals surface area contributed by atoms with Gasteiger partial charge in [-0.25, -0.2) is 4.98 Å². The molecule has 0 radical (unpaired) electrons. The molecule has 0 atom stereocenters. The SMILES string of the molecule is [NH-]c1ccc2ncsc2c1.[W]. The first-order valence-electron chi connectivity index (χ1n) is 2.91. The molecule has 11 heavy (non-hydrogen) atoms. The van der Waals surface area contributed by atoms with Crippen LogP contribution in [0.4, 0.5) is 5.69 Å². The molecule has 0 aliphatic heterocycles. The molecule has 4 heteroatoms. The zero-order valence-corrected chi connectivity index (χ0v) is 9.32. The Kier molecular flexibility index (Phi) is 2.63. The molecule has 0 bridgehead atoms. The van der Waals surface area contributed by atoms with E-state index in [1.54, 1.807) is 22.9 Å². The van der Waals surface area contributed by atoms with Gasteiger partial charge in [0.05, 0.1) is 15.7 Å². The Morgan fingerprint density at radius 1 is 1.36 bits per heavy atom.